The van der Waals surface area contributed by atoms with E-state index in [1.807, 2.05) is 84.9 Å². The molecule has 136 valence electrons. The first-order chi connectivity index (χ1) is 13.3. The fourth-order valence-corrected chi connectivity index (χ4v) is 2.64. The van der Waals surface area contributed by atoms with Gasteiger partial charge in [0.05, 0.1) is 6.61 Å². The van der Waals surface area contributed by atoms with Crippen molar-refractivity contribution in [1.82, 2.24) is 0 Å². The second-order valence-corrected chi connectivity index (χ2v) is 6.05. The molecular formula is C24H22O3. The summed E-state index contributed by atoms with van der Waals surface area (Å²) in [6.07, 6.45) is 3.45. The van der Waals surface area contributed by atoms with Crippen LogP contribution in [0, 0.1) is 0 Å². The number of hydrogen-bond donors (Lipinski definition) is 0. The van der Waals surface area contributed by atoms with Gasteiger partial charge in [0.15, 0.2) is 5.78 Å². The van der Waals surface area contributed by atoms with Crippen molar-refractivity contribution in [2.45, 2.75) is 0 Å². The molecule has 0 radical (unpaired) electrons. The van der Waals surface area contributed by atoms with E-state index in [1.54, 1.807) is 13.2 Å². The predicted molar refractivity (Wildman–Crippen MR) is 109 cm³/mol. The molecule has 0 saturated carbocycles. The highest BCUT2D eigenvalue weighted by molar-refractivity contribution is 6.06. The van der Waals surface area contributed by atoms with Crippen molar-refractivity contribution in [3.8, 4) is 16.9 Å². The first-order valence-electron chi connectivity index (χ1n) is 8.86. The van der Waals surface area contributed by atoms with Gasteiger partial charge in [-0.3, -0.25) is 4.79 Å². The minimum atomic E-state index is 0.00346. The van der Waals surface area contributed by atoms with Crippen LogP contribution in [0.3, 0.4) is 0 Å². The van der Waals surface area contributed by atoms with Gasteiger partial charge in [-0.25, -0.2) is 0 Å². The van der Waals surface area contributed by atoms with Crippen molar-refractivity contribution in [3.05, 3.63) is 96.1 Å². The first kappa shape index (κ1) is 18.6. The number of carbonyl (C=O) groups is 1. The highest BCUT2D eigenvalue weighted by Crippen LogP contribution is 2.23. The summed E-state index contributed by atoms with van der Waals surface area (Å²) in [4.78, 5) is 12.1. The van der Waals surface area contributed by atoms with Crippen molar-refractivity contribution in [2.75, 3.05) is 20.3 Å². The van der Waals surface area contributed by atoms with E-state index in [4.69, 9.17) is 9.47 Å². The highest BCUT2D eigenvalue weighted by Gasteiger charge is 2.01. The van der Waals surface area contributed by atoms with Crippen molar-refractivity contribution in [2.24, 2.45) is 0 Å². The monoisotopic (exact) mass is 358 g/mol. The quantitative estimate of drug-likeness (QED) is 0.312. The van der Waals surface area contributed by atoms with Gasteiger partial charge in [-0.15, -0.1) is 0 Å². The van der Waals surface area contributed by atoms with E-state index < -0.39 is 0 Å². The number of rotatable bonds is 8. The molecule has 0 unspecified atom stereocenters. The van der Waals surface area contributed by atoms with Crippen molar-refractivity contribution >= 4 is 11.9 Å². The number of ether oxygens (including phenoxy) is 2. The molecule has 0 aliphatic rings. The zero-order chi connectivity index (χ0) is 18.9. The van der Waals surface area contributed by atoms with Crippen LogP contribution < -0.4 is 4.74 Å². The van der Waals surface area contributed by atoms with Gasteiger partial charge in [0.2, 0.25) is 0 Å². The molecule has 0 heterocycles. The number of benzene rings is 3. The Balaban J connectivity index is 1.63. The molecule has 0 spiro atoms. The predicted octanol–water partition coefficient (Wildman–Crippen LogP) is 5.27. The largest absolute Gasteiger partial charge is 0.491 e. The molecule has 0 aromatic heterocycles. The zero-order valence-corrected chi connectivity index (χ0v) is 15.3. The van der Waals surface area contributed by atoms with Gasteiger partial charge in [0.1, 0.15) is 12.4 Å². The molecule has 0 atom stereocenters. The minimum absolute atomic E-state index is 0.00346. The Morgan fingerprint density at radius 1 is 0.815 bits per heavy atom. The van der Waals surface area contributed by atoms with Crippen LogP contribution in [0.15, 0.2) is 84.9 Å². The Bertz CT molecular complexity index is 879. The number of hydrogen-bond acceptors (Lipinski definition) is 3. The van der Waals surface area contributed by atoms with E-state index in [9.17, 15) is 4.79 Å². The van der Waals surface area contributed by atoms with Gasteiger partial charge in [-0.2, -0.15) is 0 Å². The number of ketones is 1. The normalized spacial score (nSPS) is 10.9. The summed E-state index contributed by atoms with van der Waals surface area (Å²) < 4.78 is 10.6. The van der Waals surface area contributed by atoms with Crippen LogP contribution >= 0.6 is 0 Å². The molecule has 3 aromatic carbocycles. The minimum Gasteiger partial charge on any atom is -0.491 e. The van der Waals surface area contributed by atoms with E-state index >= 15 is 0 Å². The highest BCUT2D eigenvalue weighted by atomic mass is 16.5. The lowest BCUT2D eigenvalue weighted by atomic mass is 10.0. The summed E-state index contributed by atoms with van der Waals surface area (Å²) in [5, 5.41) is 0. The molecule has 3 rings (SSSR count). The maximum Gasteiger partial charge on any atom is 0.185 e. The molecule has 0 amide bonds. The standard InChI is InChI=1S/C24H22O3/c1-26-17-18-27-23-14-12-21(13-15-23)20-10-7-19(8-11-20)9-16-24(25)22-5-3-2-4-6-22/h2-16H,17-18H2,1H3. The molecule has 0 saturated heterocycles. The molecule has 27 heavy (non-hydrogen) atoms. The third-order valence-electron chi connectivity index (χ3n) is 4.14. The topological polar surface area (TPSA) is 35.5 Å². The van der Waals surface area contributed by atoms with Gasteiger partial charge in [0, 0.05) is 12.7 Å². The molecule has 0 N–H and O–H groups in total. The van der Waals surface area contributed by atoms with Crippen LogP contribution in [-0.4, -0.2) is 26.1 Å². The Morgan fingerprint density at radius 2 is 1.44 bits per heavy atom. The molecule has 0 aliphatic carbocycles. The van der Waals surface area contributed by atoms with E-state index in [-0.39, 0.29) is 5.78 Å². The first-order valence-corrected chi connectivity index (χ1v) is 8.86. The Hall–Kier alpha value is -3.17. The van der Waals surface area contributed by atoms with Gasteiger partial charge in [-0.1, -0.05) is 72.8 Å². The molecule has 0 fully saturated rings. The van der Waals surface area contributed by atoms with Gasteiger partial charge in [0.25, 0.3) is 0 Å². The zero-order valence-electron chi connectivity index (χ0n) is 15.3. The van der Waals surface area contributed by atoms with Gasteiger partial charge >= 0.3 is 0 Å². The van der Waals surface area contributed by atoms with Crippen LogP contribution in [0.1, 0.15) is 15.9 Å². The summed E-state index contributed by atoms with van der Waals surface area (Å²) in [5.74, 6) is 0.832. The SMILES string of the molecule is COCCOc1ccc(-c2ccc(C=CC(=O)c3ccccc3)cc2)cc1. The maximum atomic E-state index is 12.1. The lowest BCUT2D eigenvalue weighted by Gasteiger charge is -2.07. The third kappa shape index (κ3) is 5.40. The molecule has 3 aromatic rings. The average Bonchev–Trinajstić information content (AvgIpc) is 2.74. The average molecular weight is 358 g/mol. The lowest BCUT2D eigenvalue weighted by Crippen LogP contribution is -2.03. The smallest absolute Gasteiger partial charge is 0.185 e. The molecule has 3 nitrogen and oxygen atoms in total. The molecule has 0 aliphatic heterocycles. The summed E-state index contributed by atoms with van der Waals surface area (Å²) in [6.45, 7) is 1.11. The van der Waals surface area contributed by atoms with E-state index in [2.05, 4.69) is 0 Å². The van der Waals surface area contributed by atoms with Crippen LogP contribution in [0.4, 0.5) is 0 Å². The lowest BCUT2D eigenvalue weighted by molar-refractivity contribution is 0.104. The van der Waals surface area contributed by atoms with Crippen molar-refractivity contribution < 1.29 is 14.3 Å². The molecule has 3 heteroatoms. The summed E-state index contributed by atoms with van der Waals surface area (Å²) >= 11 is 0. The van der Waals surface area contributed by atoms with Crippen molar-refractivity contribution in [3.63, 3.8) is 0 Å². The van der Waals surface area contributed by atoms with Crippen LogP contribution in [0.5, 0.6) is 5.75 Å². The van der Waals surface area contributed by atoms with Crippen LogP contribution in [-0.2, 0) is 4.74 Å². The Kier molecular flexibility index (Phi) is 6.55. The summed E-state index contributed by atoms with van der Waals surface area (Å²) in [5.41, 5.74) is 3.91. The van der Waals surface area contributed by atoms with Gasteiger partial charge < -0.3 is 9.47 Å². The van der Waals surface area contributed by atoms with Gasteiger partial charge in [-0.05, 0) is 34.9 Å². The van der Waals surface area contributed by atoms with E-state index in [0.717, 1.165) is 22.4 Å². The number of methoxy groups -OCH3 is 1. The van der Waals surface area contributed by atoms with Crippen LogP contribution in [0.25, 0.3) is 17.2 Å². The molecule has 0 bridgehead atoms. The summed E-state index contributed by atoms with van der Waals surface area (Å²) in [6, 6.07) is 25.4. The fourth-order valence-electron chi connectivity index (χ4n) is 2.64. The van der Waals surface area contributed by atoms with Crippen molar-refractivity contribution in [1.29, 1.82) is 0 Å². The summed E-state index contributed by atoms with van der Waals surface area (Å²) in [7, 11) is 1.66. The fraction of sp³-hybridized carbons (Fsp3) is 0.125. The Morgan fingerprint density at radius 3 is 2.07 bits per heavy atom. The number of allylic oxidation sites excluding steroid dienone is 1. The second kappa shape index (κ2) is 9.51. The number of carbonyl (C=O) groups excluding carboxylic acids is 1. The van der Waals surface area contributed by atoms with E-state index in [0.29, 0.717) is 18.8 Å². The second-order valence-electron chi connectivity index (χ2n) is 6.05. The Labute approximate surface area is 159 Å². The molecular weight excluding hydrogens is 336 g/mol. The maximum absolute atomic E-state index is 12.1. The van der Waals surface area contributed by atoms with Crippen LogP contribution in [0.2, 0.25) is 0 Å². The van der Waals surface area contributed by atoms with E-state index in [1.165, 1.54) is 0 Å². The third-order valence-corrected chi connectivity index (χ3v) is 4.14.